The van der Waals surface area contributed by atoms with E-state index in [1.54, 1.807) is 11.8 Å². The van der Waals surface area contributed by atoms with E-state index in [-0.39, 0.29) is 17.5 Å². The van der Waals surface area contributed by atoms with Crippen molar-refractivity contribution < 1.29 is 13.6 Å². The summed E-state index contributed by atoms with van der Waals surface area (Å²) in [6.45, 7) is 3.96. The van der Waals surface area contributed by atoms with Gasteiger partial charge < -0.3 is 15.1 Å². The number of carbonyl (C=O) groups is 1. The third-order valence-corrected chi connectivity index (χ3v) is 9.03. The van der Waals surface area contributed by atoms with Crippen LogP contribution >= 0.6 is 11.8 Å². The Balaban J connectivity index is 1.27. The van der Waals surface area contributed by atoms with Crippen molar-refractivity contribution in [3.8, 4) is 0 Å². The van der Waals surface area contributed by atoms with Gasteiger partial charge in [0.2, 0.25) is 0 Å². The fraction of sp³-hybridized carbons (Fsp3) is 0.536. The molecule has 3 atom stereocenters. The van der Waals surface area contributed by atoms with Crippen LogP contribution in [0.15, 0.2) is 47.4 Å². The molecule has 1 saturated heterocycles. The van der Waals surface area contributed by atoms with Gasteiger partial charge in [-0.15, -0.1) is 11.8 Å². The van der Waals surface area contributed by atoms with E-state index < -0.39 is 11.6 Å². The van der Waals surface area contributed by atoms with E-state index in [0.29, 0.717) is 18.2 Å². The van der Waals surface area contributed by atoms with Gasteiger partial charge in [0.1, 0.15) is 0 Å². The Kier molecular flexibility index (Phi) is 7.35. The van der Waals surface area contributed by atoms with Gasteiger partial charge >= 0.3 is 6.03 Å². The van der Waals surface area contributed by atoms with Crippen molar-refractivity contribution in [2.45, 2.75) is 61.3 Å². The average Bonchev–Trinajstić information content (AvgIpc) is 3.38. The van der Waals surface area contributed by atoms with E-state index in [1.165, 1.54) is 35.8 Å². The molecule has 188 valence electrons. The zero-order chi connectivity index (χ0) is 24.4. The number of fused-ring (bicyclic) bond motifs is 1. The van der Waals surface area contributed by atoms with Gasteiger partial charge in [-0.1, -0.05) is 12.1 Å². The van der Waals surface area contributed by atoms with Crippen LogP contribution in [0.4, 0.5) is 19.3 Å². The van der Waals surface area contributed by atoms with E-state index in [4.69, 9.17) is 0 Å². The SMILES string of the molecule is CSc1cccc([C@@]23CC[C@H](N(CCCN4CCCC4)C(=O)Nc4ccc(F)c(F)c4)CC2C3)c1. The summed E-state index contributed by atoms with van der Waals surface area (Å²) in [6.07, 6.45) is 9.79. The number of nitrogens with one attached hydrogen (secondary N) is 1. The lowest BCUT2D eigenvalue weighted by Crippen LogP contribution is -2.46. The highest BCUT2D eigenvalue weighted by atomic mass is 32.2. The number of hydrogen-bond acceptors (Lipinski definition) is 3. The number of urea groups is 1. The van der Waals surface area contributed by atoms with Crippen molar-refractivity contribution >= 4 is 23.5 Å². The third-order valence-electron chi connectivity index (χ3n) is 8.30. The number of anilines is 1. The Morgan fingerprint density at radius 2 is 2.00 bits per heavy atom. The lowest BCUT2D eigenvalue weighted by atomic mass is 9.80. The largest absolute Gasteiger partial charge is 0.322 e. The molecule has 2 aromatic carbocycles. The summed E-state index contributed by atoms with van der Waals surface area (Å²) in [5.41, 5.74) is 2.00. The molecule has 5 rings (SSSR count). The lowest BCUT2D eigenvalue weighted by Gasteiger charge is -2.37. The van der Waals surface area contributed by atoms with Crippen LogP contribution in [0.1, 0.15) is 50.5 Å². The predicted octanol–water partition coefficient (Wildman–Crippen LogP) is 6.52. The Morgan fingerprint density at radius 1 is 1.17 bits per heavy atom. The minimum atomic E-state index is -0.948. The highest BCUT2D eigenvalue weighted by molar-refractivity contribution is 7.98. The molecule has 0 radical (unpaired) electrons. The maximum Gasteiger partial charge on any atom is 0.322 e. The van der Waals surface area contributed by atoms with E-state index >= 15 is 0 Å². The van der Waals surface area contributed by atoms with E-state index in [0.717, 1.165) is 57.5 Å². The molecule has 7 heteroatoms. The molecule has 0 aromatic heterocycles. The third kappa shape index (κ3) is 5.36. The van der Waals surface area contributed by atoms with Crippen molar-refractivity contribution in [1.82, 2.24) is 9.80 Å². The van der Waals surface area contributed by atoms with Gasteiger partial charge in [-0.25, -0.2) is 13.6 Å². The standard InChI is InChI=1S/C28H35F2N3OS/c1-35-24-7-4-6-20(17-24)28-11-10-23(16-21(28)19-28)33(15-5-14-32-12-2-3-13-32)27(34)31-22-8-9-25(29)26(30)18-22/h4,6-9,17-18,21,23H,2-3,5,10-16,19H2,1H3,(H,31,34)/t21?,23-,28-/m0/s1. The first-order valence-electron chi connectivity index (χ1n) is 12.9. The number of carbonyl (C=O) groups excluding carboxylic acids is 1. The van der Waals surface area contributed by atoms with Crippen molar-refractivity contribution in [3.63, 3.8) is 0 Å². The zero-order valence-corrected chi connectivity index (χ0v) is 21.3. The quantitative estimate of drug-likeness (QED) is 0.420. The fourth-order valence-electron chi connectivity index (χ4n) is 6.27. The fourth-order valence-corrected chi connectivity index (χ4v) is 6.73. The number of nitrogens with zero attached hydrogens (tertiary/aromatic N) is 2. The maximum absolute atomic E-state index is 13.7. The van der Waals surface area contributed by atoms with Crippen LogP contribution in [-0.2, 0) is 5.41 Å². The highest BCUT2D eigenvalue weighted by Gasteiger charge is 2.58. The first-order valence-corrected chi connectivity index (χ1v) is 14.1. The van der Waals surface area contributed by atoms with Gasteiger partial charge in [-0.05, 0) is 112 Å². The summed E-state index contributed by atoms with van der Waals surface area (Å²) in [7, 11) is 0. The van der Waals surface area contributed by atoms with E-state index in [1.807, 2.05) is 4.90 Å². The summed E-state index contributed by atoms with van der Waals surface area (Å²) in [5, 5.41) is 2.83. The maximum atomic E-state index is 13.7. The molecule has 1 N–H and O–H groups in total. The summed E-state index contributed by atoms with van der Waals surface area (Å²) in [5.74, 6) is -1.26. The molecule has 0 bridgehead atoms. The molecule has 1 unspecified atom stereocenters. The molecule has 35 heavy (non-hydrogen) atoms. The number of hydrogen-bond donors (Lipinski definition) is 1. The molecule has 4 nitrogen and oxygen atoms in total. The second-order valence-corrected chi connectivity index (χ2v) is 11.3. The number of halogens is 2. The molecule has 3 fully saturated rings. The van der Waals surface area contributed by atoms with Crippen LogP contribution in [-0.4, -0.2) is 54.3 Å². The van der Waals surface area contributed by atoms with Crippen molar-refractivity contribution in [3.05, 3.63) is 59.7 Å². The number of thioether (sulfide) groups is 1. The van der Waals surface area contributed by atoms with Crippen LogP contribution in [0.5, 0.6) is 0 Å². The Bertz CT molecular complexity index is 1060. The molecule has 2 aromatic rings. The summed E-state index contributed by atoms with van der Waals surface area (Å²) in [4.78, 5) is 19.1. The van der Waals surface area contributed by atoms with Gasteiger partial charge in [-0.2, -0.15) is 0 Å². The van der Waals surface area contributed by atoms with E-state index in [9.17, 15) is 13.6 Å². The van der Waals surface area contributed by atoms with Crippen LogP contribution in [0.3, 0.4) is 0 Å². The van der Waals surface area contributed by atoms with Crippen LogP contribution < -0.4 is 5.32 Å². The highest BCUT2D eigenvalue weighted by Crippen LogP contribution is 2.63. The molecule has 2 amide bonds. The first-order chi connectivity index (χ1) is 17.0. The molecule has 2 saturated carbocycles. The minimum absolute atomic E-state index is 0.170. The normalized spacial score (nSPS) is 25.8. The molecular weight excluding hydrogens is 464 g/mol. The minimum Gasteiger partial charge on any atom is -0.321 e. The lowest BCUT2D eigenvalue weighted by molar-refractivity contribution is 0.156. The summed E-state index contributed by atoms with van der Waals surface area (Å²) < 4.78 is 27.1. The van der Waals surface area contributed by atoms with Crippen LogP contribution in [0, 0.1) is 17.6 Å². The van der Waals surface area contributed by atoms with E-state index in [2.05, 4.69) is 40.7 Å². The predicted molar refractivity (Wildman–Crippen MR) is 138 cm³/mol. The van der Waals surface area contributed by atoms with Gasteiger partial charge in [-0.3, -0.25) is 0 Å². The smallest absolute Gasteiger partial charge is 0.321 e. The average molecular weight is 500 g/mol. The molecule has 1 heterocycles. The number of amides is 2. The second-order valence-electron chi connectivity index (χ2n) is 10.4. The van der Waals surface area contributed by atoms with Gasteiger partial charge in [0.25, 0.3) is 0 Å². The topological polar surface area (TPSA) is 35.6 Å². The Labute approximate surface area is 211 Å². The van der Waals surface area contributed by atoms with Gasteiger partial charge in [0, 0.05) is 29.2 Å². The van der Waals surface area contributed by atoms with Crippen molar-refractivity contribution in [2.75, 3.05) is 37.8 Å². The number of benzene rings is 2. The summed E-state index contributed by atoms with van der Waals surface area (Å²) in [6, 6.07) is 12.4. The van der Waals surface area contributed by atoms with Crippen molar-refractivity contribution in [2.24, 2.45) is 5.92 Å². The second kappa shape index (κ2) is 10.5. The molecule has 2 aliphatic carbocycles. The van der Waals surface area contributed by atoms with Crippen molar-refractivity contribution in [1.29, 1.82) is 0 Å². The van der Waals surface area contributed by atoms with Gasteiger partial charge in [0.15, 0.2) is 11.6 Å². The monoisotopic (exact) mass is 499 g/mol. The number of likely N-dealkylation sites (tertiary alicyclic amines) is 1. The Hall–Kier alpha value is -2.12. The number of rotatable bonds is 8. The molecule has 3 aliphatic rings. The molecular formula is C28H35F2N3OS. The van der Waals surface area contributed by atoms with Crippen LogP contribution in [0.25, 0.3) is 0 Å². The van der Waals surface area contributed by atoms with Gasteiger partial charge in [0.05, 0.1) is 0 Å². The Morgan fingerprint density at radius 3 is 2.74 bits per heavy atom. The zero-order valence-electron chi connectivity index (χ0n) is 20.4. The first kappa shape index (κ1) is 24.6. The summed E-state index contributed by atoms with van der Waals surface area (Å²) >= 11 is 1.78. The molecule has 1 aliphatic heterocycles. The molecule has 0 spiro atoms. The van der Waals surface area contributed by atoms with Crippen LogP contribution in [0.2, 0.25) is 0 Å².